The number of nitrogens with two attached hydrogens (primary N) is 1. The first-order valence-electron chi connectivity index (χ1n) is 6.86. The van der Waals surface area contributed by atoms with Crippen LogP contribution < -0.4 is 5.73 Å². The van der Waals surface area contributed by atoms with Crippen LogP contribution in [0.15, 0.2) is 0 Å². The lowest BCUT2D eigenvalue weighted by Crippen LogP contribution is -2.52. The highest BCUT2D eigenvalue weighted by molar-refractivity contribution is 7.89. The standard InChI is InChI=1S/C12H24N2O3S.ClH/c1-10-4-2-6-14(12(10)8-13)18(15,16)9-11-5-3-7-17-11;/h10-12H,2-9,13H2,1H3;1H. The van der Waals surface area contributed by atoms with Crippen LogP contribution in [0.5, 0.6) is 0 Å². The molecule has 2 aliphatic rings. The summed E-state index contributed by atoms with van der Waals surface area (Å²) in [6, 6.07) is -0.0369. The summed E-state index contributed by atoms with van der Waals surface area (Å²) in [5.41, 5.74) is 5.75. The van der Waals surface area contributed by atoms with E-state index in [1.54, 1.807) is 4.31 Å². The first kappa shape index (κ1) is 17.2. The lowest BCUT2D eigenvalue weighted by Gasteiger charge is -2.38. The zero-order valence-electron chi connectivity index (χ0n) is 11.5. The van der Waals surface area contributed by atoms with Crippen molar-refractivity contribution in [2.75, 3.05) is 25.4 Å². The molecule has 0 aromatic rings. The lowest BCUT2D eigenvalue weighted by molar-refractivity contribution is 0.124. The van der Waals surface area contributed by atoms with E-state index in [1.165, 1.54) is 0 Å². The molecule has 3 unspecified atom stereocenters. The van der Waals surface area contributed by atoms with Crippen molar-refractivity contribution in [3.8, 4) is 0 Å². The second-order valence-corrected chi connectivity index (χ2v) is 7.41. The topological polar surface area (TPSA) is 72.6 Å². The first-order valence-corrected chi connectivity index (χ1v) is 8.46. The highest BCUT2D eigenvalue weighted by atomic mass is 35.5. The van der Waals surface area contributed by atoms with Gasteiger partial charge in [-0.15, -0.1) is 12.4 Å². The van der Waals surface area contributed by atoms with E-state index in [0.717, 1.165) is 25.7 Å². The molecule has 0 amide bonds. The van der Waals surface area contributed by atoms with Gasteiger partial charge in [-0.25, -0.2) is 8.42 Å². The Morgan fingerprint density at radius 3 is 2.63 bits per heavy atom. The molecule has 114 valence electrons. The molecule has 0 saturated carbocycles. The Kier molecular flexibility index (Phi) is 6.53. The van der Waals surface area contributed by atoms with Gasteiger partial charge >= 0.3 is 0 Å². The minimum atomic E-state index is -3.23. The zero-order valence-corrected chi connectivity index (χ0v) is 13.1. The van der Waals surface area contributed by atoms with Crippen molar-refractivity contribution in [1.82, 2.24) is 4.31 Å². The molecule has 0 aliphatic carbocycles. The van der Waals surface area contributed by atoms with Gasteiger partial charge in [0.1, 0.15) is 0 Å². The van der Waals surface area contributed by atoms with E-state index in [1.807, 2.05) is 0 Å². The molecule has 0 aromatic heterocycles. The summed E-state index contributed by atoms with van der Waals surface area (Å²) in [5.74, 6) is 0.471. The molecule has 0 radical (unpaired) electrons. The molecule has 2 rings (SSSR count). The Morgan fingerprint density at radius 1 is 1.32 bits per heavy atom. The van der Waals surface area contributed by atoms with Gasteiger partial charge in [0, 0.05) is 25.7 Å². The zero-order chi connectivity index (χ0) is 13.2. The van der Waals surface area contributed by atoms with Crippen LogP contribution in [-0.4, -0.2) is 50.3 Å². The molecule has 2 saturated heterocycles. The third-order valence-electron chi connectivity index (χ3n) is 4.08. The third kappa shape index (κ3) is 4.04. The maximum atomic E-state index is 12.4. The largest absolute Gasteiger partial charge is 0.377 e. The number of sulfonamides is 1. The van der Waals surface area contributed by atoms with Crippen LogP contribution in [0.3, 0.4) is 0 Å². The summed E-state index contributed by atoms with van der Waals surface area (Å²) in [6.45, 7) is 3.80. The SMILES string of the molecule is CC1CCCN(S(=O)(=O)CC2CCCO2)C1CN.Cl. The van der Waals surface area contributed by atoms with E-state index in [4.69, 9.17) is 10.5 Å². The average Bonchev–Trinajstić information content (AvgIpc) is 2.80. The van der Waals surface area contributed by atoms with Gasteiger partial charge in [0.25, 0.3) is 0 Å². The van der Waals surface area contributed by atoms with E-state index in [-0.39, 0.29) is 30.3 Å². The smallest absolute Gasteiger partial charge is 0.216 e. The van der Waals surface area contributed by atoms with Crippen molar-refractivity contribution in [3.05, 3.63) is 0 Å². The Bertz CT molecular complexity index is 371. The Balaban J connectivity index is 0.00000180. The van der Waals surface area contributed by atoms with Crippen molar-refractivity contribution in [2.45, 2.75) is 44.8 Å². The predicted molar refractivity (Wildman–Crippen MR) is 78.0 cm³/mol. The molecular weight excluding hydrogens is 288 g/mol. The fraction of sp³-hybridized carbons (Fsp3) is 1.00. The molecule has 2 heterocycles. The minimum absolute atomic E-state index is 0. The van der Waals surface area contributed by atoms with E-state index in [9.17, 15) is 8.42 Å². The van der Waals surface area contributed by atoms with E-state index < -0.39 is 10.0 Å². The van der Waals surface area contributed by atoms with Crippen LogP contribution in [0.1, 0.15) is 32.6 Å². The van der Waals surface area contributed by atoms with Crippen molar-refractivity contribution < 1.29 is 13.2 Å². The highest BCUT2D eigenvalue weighted by Crippen LogP contribution is 2.26. The van der Waals surface area contributed by atoms with Crippen molar-refractivity contribution in [1.29, 1.82) is 0 Å². The van der Waals surface area contributed by atoms with Crippen molar-refractivity contribution in [3.63, 3.8) is 0 Å². The van der Waals surface area contributed by atoms with Crippen molar-refractivity contribution in [2.24, 2.45) is 11.7 Å². The van der Waals surface area contributed by atoms with Gasteiger partial charge in [0.15, 0.2) is 0 Å². The van der Waals surface area contributed by atoms with Gasteiger partial charge in [0.05, 0.1) is 11.9 Å². The number of rotatable bonds is 4. The summed E-state index contributed by atoms with van der Waals surface area (Å²) < 4.78 is 32.0. The van der Waals surface area contributed by atoms with Crippen LogP contribution in [0.25, 0.3) is 0 Å². The molecule has 0 spiro atoms. The number of ether oxygens (including phenoxy) is 1. The monoisotopic (exact) mass is 312 g/mol. The second kappa shape index (κ2) is 7.22. The minimum Gasteiger partial charge on any atom is -0.377 e. The second-order valence-electron chi connectivity index (χ2n) is 5.45. The number of piperidine rings is 1. The van der Waals surface area contributed by atoms with Crippen LogP contribution in [0, 0.1) is 5.92 Å². The van der Waals surface area contributed by atoms with Crippen LogP contribution in [0.4, 0.5) is 0 Å². The summed E-state index contributed by atoms with van der Waals surface area (Å²) >= 11 is 0. The summed E-state index contributed by atoms with van der Waals surface area (Å²) in [4.78, 5) is 0. The van der Waals surface area contributed by atoms with E-state index in [2.05, 4.69) is 6.92 Å². The van der Waals surface area contributed by atoms with Crippen LogP contribution in [-0.2, 0) is 14.8 Å². The van der Waals surface area contributed by atoms with E-state index in [0.29, 0.717) is 25.6 Å². The summed E-state index contributed by atoms with van der Waals surface area (Å²) in [5, 5.41) is 0. The van der Waals surface area contributed by atoms with E-state index >= 15 is 0 Å². The Hall–Kier alpha value is 0.120. The summed E-state index contributed by atoms with van der Waals surface area (Å²) in [7, 11) is -3.23. The van der Waals surface area contributed by atoms with Gasteiger partial charge in [-0.3, -0.25) is 0 Å². The lowest BCUT2D eigenvalue weighted by atomic mass is 9.93. The quantitative estimate of drug-likeness (QED) is 0.840. The van der Waals surface area contributed by atoms with Gasteiger partial charge < -0.3 is 10.5 Å². The summed E-state index contributed by atoms with van der Waals surface area (Å²) in [6.07, 6.45) is 3.70. The van der Waals surface area contributed by atoms with Gasteiger partial charge in [0.2, 0.25) is 10.0 Å². The third-order valence-corrected chi connectivity index (χ3v) is 6.04. The van der Waals surface area contributed by atoms with Gasteiger partial charge in [-0.05, 0) is 31.6 Å². The molecular formula is C12H25ClN2O3S. The molecule has 7 heteroatoms. The number of hydrogen-bond donors (Lipinski definition) is 1. The number of hydrogen-bond acceptors (Lipinski definition) is 4. The molecule has 2 fully saturated rings. The molecule has 3 atom stereocenters. The van der Waals surface area contributed by atoms with Crippen molar-refractivity contribution >= 4 is 22.4 Å². The normalized spacial score (nSPS) is 33.1. The number of halogens is 1. The molecule has 0 bridgehead atoms. The fourth-order valence-corrected chi connectivity index (χ4v) is 5.05. The number of nitrogens with zero attached hydrogens (tertiary/aromatic N) is 1. The fourth-order valence-electron chi connectivity index (χ4n) is 3.01. The molecule has 19 heavy (non-hydrogen) atoms. The predicted octanol–water partition coefficient (Wildman–Crippen LogP) is 0.976. The Labute approximate surface area is 122 Å². The van der Waals surface area contributed by atoms with Gasteiger partial charge in [-0.2, -0.15) is 4.31 Å². The van der Waals surface area contributed by atoms with Crippen LogP contribution in [0.2, 0.25) is 0 Å². The molecule has 5 nitrogen and oxygen atoms in total. The maximum Gasteiger partial charge on any atom is 0.216 e. The maximum absolute atomic E-state index is 12.4. The van der Waals surface area contributed by atoms with Gasteiger partial charge in [-0.1, -0.05) is 6.92 Å². The Morgan fingerprint density at radius 2 is 2.05 bits per heavy atom. The van der Waals surface area contributed by atoms with Crippen LogP contribution >= 0.6 is 12.4 Å². The molecule has 2 aliphatic heterocycles. The molecule has 0 aromatic carbocycles. The highest BCUT2D eigenvalue weighted by Gasteiger charge is 2.37. The molecule has 2 N–H and O–H groups in total. The first-order chi connectivity index (χ1) is 8.54. The average molecular weight is 313 g/mol.